The maximum absolute atomic E-state index is 13.2. The summed E-state index contributed by atoms with van der Waals surface area (Å²) in [5.41, 5.74) is 4.47. The summed E-state index contributed by atoms with van der Waals surface area (Å²) in [5, 5.41) is 1.98. The second-order valence-electron chi connectivity index (χ2n) is 4.30. The molecular weight excluding hydrogens is 263 g/mol. The number of fused-ring (bicyclic) bond motifs is 1. The molecule has 0 bridgehead atoms. The molecule has 4 nitrogen and oxygen atoms in total. The second-order valence-corrected chi connectivity index (χ2v) is 5.18. The van der Waals surface area contributed by atoms with Crippen LogP contribution in [-0.2, 0) is 6.42 Å². The second kappa shape index (κ2) is 5.08. The average molecular weight is 276 g/mol. The van der Waals surface area contributed by atoms with Crippen LogP contribution in [0.5, 0.6) is 0 Å². The Morgan fingerprint density at radius 2 is 2.37 bits per heavy atom. The van der Waals surface area contributed by atoms with E-state index in [4.69, 9.17) is 5.84 Å². The molecule has 0 aliphatic carbocycles. The number of hydrazine groups is 1. The number of thiazole rings is 1. The van der Waals surface area contributed by atoms with E-state index < -0.39 is 0 Å². The molecule has 0 saturated heterocycles. The van der Waals surface area contributed by atoms with Crippen LogP contribution in [0.4, 0.5) is 4.39 Å². The van der Waals surface area contributed by atoms with E-state index in [9.17, 15) is 4.39 Å². The molecule has 6 heteroatoms. The standard InChI is InChI=1S/C13H13FN4S/c14-10-3-1-2-9(6-10)12(17-15)7-11-8-18-4-5-19-13(18)16-11/h1-6,8,12,17H,7,15H2. The van der Waals surface area contributed by atoms with Gasteiger partial charge in [-0.05, 0) is 17.7 Å². The maximum Gasteiger partial charge on any atom is 0.193 e. The number of hydrogen-bond acceptors (Lipinski definition) is 4. The Labute approximate surface area is 113 Å². The SMILES string of the molecule is NNC(Cc1cn2ccsc2n1)c1cccc(F)c1. The first kappa shape index (κ1) is 12.3. The third-order valence-electron chi connectivity index (χ3n) is 3.01. The Morgan fingerprint density at radius 1 is 1.47 bits per heavy atom. The molecular formula is C13H13FN4S. The van der Waals surface area contributed by atoms with Crippen molar-refractivity contribution in [2.45, 2.75) is 12.5 Å². The Hall–Kier alpha value is -1.76. The van der Waals surface area contributed by atoms with Gasteiger partial charge in [-0.25, -0.2) is 9.37 Å². The monoisotopic (exact) mass is 276 g/mol. The zero-order chi connectivity index (χ0) is 13.2. The zero-order valence-corrected chi connectivity index (χ0v) is 10.9. The lowest BCUT2D eigenvalue weighted by Gasteiger charge is -2.14. The molecule has 0 spiro atoms. The zero-order valence-electron chi connectivity index (χ0n) is 10.1. The summed E-state index contributed by atoms with van der Waals surface area (Å²) < 4.78 is 15.2. The van der Waals surface area contributed by atoms with Crippen molar-refractivity contribution in [3.63, 3.8) is 0 Å². The average Bonchev–Trinajstić information content (AvgIpc) is 2.96. The summed E-state index contributed by atoms with van der Waals surface area (Å²) in [5.74, 6) is 5.31. The van der Waals surface area contributed by atoms with Gasteiger partial charge in [-0.2, -0.15) is 0 Å². The number of nitrogens with zero attached hydrogens (tertiary/aromatic N) is 2. The highest BCUT2D eigenvalue weighted by atomic mass is 32.1. The van der Waals surface area contributed by atoms with Crippen molar-refractivity contribution in [3.8, 4) is 0 Å². The molecule has 2 aromatic heterocycles. The molecule has 1 unspecified atom stereocenters. The van der Waals surface area contributed by atoms with Crippen LogP contribution >= 0.6 is 11.3 Å². The van der Waals surface area contributed by atoms with Gasteiger partial charge in [-0.3, -0.25) is 15.7 Å². The van der Waals surface area contributed by atoms with E-state index >= 15 is 0 Å². The number of hydrogen-bond donors (Lipinski definition) is 2. The number of benzene rings is 1. The molecule has 98 valence electrons. The Kier molecular flexibility index (Phi) is 3.29. The molecule has 3 aromatic rings. The first-order chi connectivity index (χ1) is 9.26. The van der Waals surface area contributed by atoms with Crippen molar-refractivity contribution in [1.82, 2.24) is 14.8 Å². The largest absolute Gasteiger partial charge is 0.297 e. The third-order valence-corrected chi connectivity index (χ3v) is 3.78. The molecule has 1 atom stereocenters. The van der Waals surface area contributed by atoms with E-state index in [0.717, 1.165) is 16.2 Å². The Morgan fingerprint density at radius 3 is 3.11 bits per heavy atom. The highest BCUT2D eigenvalue weighted by Gasteiger charge is 2.13. The van der Waals surface area contributed by atoms with Gasteiger partial charge in [0.2, 0.25) is 0 Å². The number of nitrogens with one attached hydrogen (secondary N) is 1. The van der Waals surface area contributed by atoms with Gasteiger partial charge in [0, 0.05) is 24.2 Å². The molecule has 0 amide bonds. The van der Waals surface area contributed by atoms with Crippen molar-refractivity contribution in [1.29, 1.82) is 0 Å². The fraction of sp³-hybridized carbons (Fsp3) is 0.154. The van der Waals surface area contributed by atoms with Gasteiger partial charge in [-0.1, -0.05) is 12.1 Å². The van der Waals surface area contributed by atoms with Crippen LogP contribution in [0.3, 0.4) is 0 Å². The minimum Gasteiger partial charge on any atom is -0.297 e. The number of nitrogens with two attached hydrogens (primary N) is 1. The lowest BCUT2D eigenvalue weighted by molar-refractivity contribution is 0.540. The summed E-state index contributed by atoms with van der Waals surface area (Å²) in [4.78, 5) is 5.45. The van der Waals surface area contributed by atoms with Crippen molar-refractivity contribution < 1.29 is 4.39 Å². The summed E-state index contributed by atoms with van der Waals surface area (Å²) in [6.45, 7) is 0. The van der Waals surface area contributed by atoms with E-state index in [-0.39, 0.29) is 11.9 Å². The van der Waals surface area contributed by atoms with Crippen LogP contribution in [-0.4, -0.2) is 9.38 Å². The summed E-state index contributed by atoms with van der Waals surface area (Å²) in [6, 6.07) is 6.29. The number of halogens is 1. The quantitative estimate of drug-likeness (QED) is 0.568. The van der Waals surface area contributed by atoms with Gasteiger partial charge in [0.15, 0.2) is 4.96 Å². The van der Waals surface area contributed by atoms with Gasteiger partial charge in [0.1, 0.15) is 5.82 Å². The van der Waals surface area contributed by atoms with Gasteiger partial charge < -0.3 is 0 Å². The molecule has 0 radical (unpaired) electrons. The van der Waals surface area contributed by atoms with Crippen LogP contribution in [0.15, 0.2) is 42.0 Å². The first-order valence-corrected chi connectivity index (χ1v) is 6.77. The van der Waals surface area contributed by atoms with E-state index in [0.29, 0.717) is 6.42 Å². The third kappa shape index (κ3) is 2.51. The van der Waals surface area contributed by atoms with Crippen LogP contribution in [0, 0.1) is 5.82 Å². The van der Waals surface area contributed by atoms with E-state index in [1.807, 2.05) is 28.2 Å². The molecule has 2 heterocycles. The normalized spacial score (nSPS) is 12.9. The van der Waals surface area contributed by atoms with Gasteiger partial charge in [0.05, 0.1) is 11.7 Å². The predicted octanol–water partition coefficient (Wildman–Crippen LogP) is 2.28. The Bertz CT molecular complexity index is 662. The molecule has 3 rings (SSSR count). The molecule has 3 N–H and O–H groups in total. The minimum absolute atomic E-state index is 0.152. The summed E-state index contributed by atoms with van der Waals surface area (Å²) in [7, 11) is 0. The number of rotatable bonds is 4. The number of aromatic nitrogens is 2. The molecule has 0 saturated carbocycles. The number of imidazole rings is 1. The van der Waals surface area contributed by atoms with Gasteiger partial charge >= 0.3 is 0 Å². The van der Waals surface area contributed by atoms with Crippen LogP contribution in [0.2, 0.25) is 0 Å². The van der Waals surface area contributed by atoms with E-state index in [1.165, 1.54) is 12.1 Å². The molecule has 0 fully saturated rings. The summed E-state index contributed by atoms with van der Waals surface area (Å²) >= 11 is 1.58. The smallest absolute Gasteiger partial charge is 0.193 e. The summed E-state index contributed by atoms with van der Waals surface area (Å²) in [6.07, 6.45) is 4.55. The topological polar surface area (TPSA) is 55.3 Å². The van der Waals surface area contributed by atoms with Crippen LogP contribution in [0.1, 0.15) is 17.3 Å². The molecule has 1 aromatic carbocycles. The minimum atomic E-state index is -0.261. The highest BCUT2D eigenvalue weighted by molar-refractivity contribution is 7.15. The van der Waals surface area contributed by atoms with E-state index in [2.05, 4.69) is 10.4 Å². The first-order valence-electron chi connectivity index (χ1n) is 5.89. The van der Waals surface area contributed by atoms with Crippen LogP contribution in [0.25, 0.3) is 4.96 Å². The van der Waals surface area contributed by atoms with E-state index in [1.54, 1.807) is 17.4 Å². The van der Waals surface area contributed by atoms with Gasteiger partial charge in [0.25, 0.3) is 0 Å². The lowest BCUT2D eigenvalue weighted by Crippen LogP contribution is -2.29. The van der Waals surface area contributed by atoms with Crippen molar-refractivity contribution in [2.24, 2.45) is 5.84 Å². The predicted molar refractivity (Wildman–Crippen MR) is 73.2 cm³/mol. The fourth-order valence-electron chi connectivity index (χ4n) is 2.08. The van der Waals surface area contributed by atoms with Crippen molar-refractivity contribution in [3.05, 3.63) is 59.1 Å². The molecule has 19 heavy (non-hydrogen) atoms. The molecule has 0 aliphatic rings. The Balaban J connectivity index is 1.85. The maximum atomic E-state index is 13.2. The van der Waals surface area contributed by atoms with Crippen molar-refractivity contribution in [2.75, 3.05) is 0 Å². The van der Waals surface area contributed by atoms with Crippen LogP contribution < -0.4 is 11.3 Å². The highest BCUT2D eigenvalue weighted by Crippen LogP contribution is 2.20. The lowest BCUT2D eigenvalue weighted by atomic mass is 10.0. The van der Waals surface area contributed by atoms with Crippen molar-refractivity contribution >= 4 is 16.3 Å². The fourth-order valence-corrected chi connectivity index (χ4v) is 2.80. The molecule has 0 aliphatic heterocycles. The van der Waals surface area contributed by atoms with Gasteiger partial charge in [-0.15, -0.1) is 11.3 Å².